The van der Waals surface area contributed by atoms with Crippen LogP contribution in [-0.4, -0.2) is 28.6 Å². The minimum absolute atomic E-state index is 0.0602. The van der Waals surface area contributed by atoms with Gasteiger partial charge in [0.25, 0.3) is 0 Å². The van der Waals surface area contributed by atoms with E-state index in [1.165, 1.54) is 11.0 Å². The summed E-state index contributed by atoms with van der Waals surface area (Å²) in [6, 6.07) is 3.42. The SMILES string of the molecule is N#Cc1c(N2CC(O)CC2=O)cc(N)nc1Br. The number of β-amino-alcohol motifs (C(OH)–C–C–N with tert-alkyl or cyclic N) is 1. The summed E-state index contributed by atoms with van der Waals surface area (Å²) < 4.78 is 0.296. The largest absolute Gasteiger partial charge is 0.391 e. The number of anilines is 2. The number of carbonyl (C=O) groups excluding carboxylic acids is 1. The van der Waals surface area contributed by atoms with Gasteiger partial charge < -0.3 is 15.7 Å². The normalized spacial score (nSPS) is 19.5. The number of hydrogen-bond acceptors (Lipinski definition) is 5. The van der Waals surface area contributed by atoms with E-state index in [2.05, 4.69) is 20.9 Å². The van der Waals surface area contributed by atoms with Crippen molar-refractivity contribution < 1.29 is 9.90 Å². The molecule has 7 heteroatoms. The Morgan fingerprint density at radius 1 is 1.71 bits per heavy atom. The summed E-state index contributed by atoms with van der Waals surface area (Å²) in [4.78, 5) is 16.9. The van der Waals surface area contributed by atoms with Crippen molar-refractivity contribution in [3.8, 4) is 6.07 Å². The van der Waals surface area contributed by atoms with Gasteiger partial charge in [0.15, 0.2) is 0 Å². The number of nitriles is 1. The Bertz CT molecular complexity index is 526. The van der Waals surface area contributed by atoms with Gasteiger partial charge in [-0.15, -0.1) is 0 Å². The lowest BCUT2D eigenvalue weighted by atomic mass is 10.2. The summed E-state index contributed by atoms with van der Waals surface area (Å²) >= 11 is 3.13. The molecule has 6 nitrogen and oxygen atoms in total. The summed E-state index contributed by atoms with van der Waals surface area (Å²) in [6.07, 6.45) is -0.646. The van der Waals surface area contributed by atoms with E-state index in [0.29, 0.717) is 10.3 Å². The number of amides is 1. The summed E-state index contributed by atoms with van der Waals surface area (Å²) in [7, 11) is 0. The van der Waals surface area contributed by atoms with Gasteiger partial charge in [-0.1, -0.05) is 0 Å². The van der Waals surface area contributed by atoms with E-state index in [1.807, 2.05) is 6.07 Å². The van der Waals surface area contributed by atoms with Crippen molar-refractivity contribution in [1.29, 1.82) is 5.26 Å². The highest BCUT2D eigenvalue weighted by Gasteiger charge is 2.31. The molecule has 0 aromatic carbocycles. The highest BCUT2D eigenvalue weighted by Crippen LogP contribution is 2.30. The van der Waals surface area contributed by atoms with Crippen molar-refractivity contribution in [1.82, 2.24) is 4.98 Å². The second-order valence-corrected chi connectivity index (χ2v) is 4.46. The van der Waals surface area contributed by atoms with Crippen LogP contribution in [0.4, 0.5) is 11.5 Å². The third-order valence-electron chi connectivity index (χ3n) is 2.48. The molecule has 1 atom stereocenters. The molecule has 0 spiro atoms. The lowest BCUT2D eigenvalue weighted by Gasteiger charge is -2.18. The fourth-order valence-corrected chi connectivity index (χ4v) is 2.25. The van der Waals surface area contributed by atoms with Crippen LogP contribution >= 0.6 is 15.9 Å². The number of aliphatic hydroxyl groups is 1. The standard InChI is InChI=1S/C10H9BrN4O2/c11-10-6(3-12)7(2-8(13)14-10)15-4-5(16)1-9(15)17/h2,5,16H,1,4H2,(H2,13,14). The zero-order chi connectivity index (χ0) is 12.6. The summed E-state index contributed by atoms with van der Waals surface area (Å²) in [5.74, 6) is -0.0217. The van der Waals surface area contributed by atoms with E-state index in [0.717, 1.165) is 0 Å². The minimum Gasteiger partial charge on any atom is -0.391 e. The molecule has 2 heterocycles. The number of carbonyl (C=O) groups is 1. The third kappa shape index (κ3) is 2.09. The van der Waals surface area contributed by atoms with Gasteiger partial charge in [-0.3, -0.25) is 4.79 Å². The minimum atomic E-state index is -0.706. The van der Waals surface area contributed by atoms with Crippen molar-refractivity contribution in [3.05, 3.63) is 16.2 Å². The van der Waals surface area contributed by atoms with Gasteiger partial charge in [-0.2, -0.15) is 5.26 Å². The number of aliphatic hydroxyl groups excluding tert-OH is 1. The predicted octanol–water partition coefficient (Wildman–Crippen LogP) is 0.396. The molecule has 17 heavy (non-hydrogen) atoms. The van der Waals surface area contributed by atoms with Crippen molar-refractivity contribution in [2.24, 2.45) is 0 Å². The Morgan fingerprint density at radius 3 is 2.94 bits per heavy atom. The van der Waals surface area contributed by atoms with Crippen LogP contribution in [0.1, 0.15) is 12.0 Å². The number of nitrogen functional groups attached to an aromatic ring is 1. The van der Waals surface area contributed by atoms with Gasteiger partial charge in [0.2, 0.25) is 5.91 Å². The Balaban J connectivity index is 2.52. The van der Waals surface area contributed by atoms with Crippen LogP contribution in [0.25, 0.3) is 0 Å². The van der Waals surface area contributed by atoms with Crippen molar-refractivity contribution in [2.75, 3.05) is 17.2 Å². The van der Waals surface area contributed by atoms with Crippen LogP contribution in [0.15, 0.2) is 10.7 Å². The topological polar surface area (TPSA) is 103 Å². The maximum atomic E-state index is 11.7. The first-order chi connectivity index (χ1) is 8.02. The lowest BCUT2D eigenvalue weighted by molar-refractivity contribution is -0.117. The first kappa shape index (κ1) is 11.8. The molecule has 1 aliphatic rings. The van der Waals surface area contributed by atoms with Gasteiger partial charge >= 0.3 is 0 Å². The molecule has 88 valence electrons. The van der Waals surface area contributed by atoms with Gasteiger partial charge in [0, 0.05) is 6.07 Å². The molecule has 1 aliphatic heterocycles. The molecule has 0 saturated carbocycles. The molecule has 0 aliphatic carbocycles. The van der Waals surface area contributed by atoms with E-state index in [4.69, 9.17) is 11.0 Å². The van der Waals surface area contributed by atoms with Crippen molar-refractivity contribution in [2.45, 2.75) is 12.5 Å². The predicted molar refractivity (Wildman–Crippen MR) is 64.0 cm³/mol. The van der Waals surface area contributed by atoms with Crippen LogP contribution in [0.5, 0.6) is 0 Å². The number of hydrogen-bond donors (Lipinski definition) is 2. The molecule has 1 saturated heterocycles. The van der Waals surface area contributed by atoms with E-state index in [9.17, 15) is 9.90 Å². The molecule has 0 radical (unpaired) electrons. The quantitative estimate of drug-likeness (QED) is 0.730. The molecule has 3 N–H and O–H groups in total. The second-order valence-electron chi connectivity index (χ2n) is 3.71. The molecule has 0 bridgehead atoms. The van der Waals surface area contributed by atoms with Crippen molar-refractivity contribution in [3.63, 3.8) is 0 Å². The first-order valence-corrected chi connectivity index (χ1v) is 5.66. The molecular formula is C10H9BrN4O2. The molecular weight excluding hydrogens is 288 g/mol. The molecule has 2 rings (SSSR count). The average Bonchev–Trinajstić information content (AvgIpc) is 2.56. The van der Waals surface area contributed by atoms with E-state index in [-0.39, 0.29) is 30.3 Å². The van der Waals surface area contributed by atoms with Gasteiger partial charge in [-0.25, -0.2) is 4.98 Å². The zero-order valence-electron chi connectivity index (χ0n) is 8.72. The van der Waals surface area contributed by atoms with Crippen molar-refractivity contribution >= 4 is 33.3 Å². The maximum absolute atomic E-state index is 11.7. The van der Waals surface area contributed by atoms with Crippen LogP contribution in [0, 0.1) is 11.3 Å². The number of halogens is 1. The highest BCUT2D eigenvalue weighted by molar-refractivity contribution is 9.10. The first-order valence-electron chi connectivity index (χ1n) is 4.87. The fourth-order valence-electron chi connectivity index (χ4n) is 1.76. The molecule has 1 unspecified atom stereocenters. The molecule has 1 aromatic heterocycles. The number of aromatic nitrogens is 1. The van der Waals surface area contributed by atoms with Crippen LogP contribution in [-0.2, 0) is 4.79 Å². The molecule has 1 aromatic rings. The maximum Gasteiger partial charge on any atom is 0.229 e. The summed E-state index contributed by atoms with van der Waals surface area (Å²) in [5, 5.41) is 18.5. The summed E-state index contributed by atoms with van der Waals surface area (Å²) in [5.41, 5.74) is 6.20. The number of nitrogens with zero attached hydrogens (tertiary/aromatic N) is 3. The van der Waals surface area contributed by atoms with E-state index < -0.39 is 6.10 Å². The lowest BCUT2D eigenvalue weighted by Crippen LogP contribution is -2.26. The molecule has 1 fully saturated rings. The van der Waals surface area contributed by atoms with Gasteiger partial charge in [0.1, 0.15) is 22.1 Å². The monoisotopic (exact) mass is 296 g/mol. The Kier molecular flexibility index (Phi) is 3.00. The number of rotatable bonds is 1. The third-order valence-corrected chi connectivity index (χ3v) is 3.06. The van der Waals surface area contributed by atoms with Crippen LogP contribution < -0.4 is 10.6 Å². The van der Waals surface area contributed by atoms with Gasteiger partial charge in [0.05, 0.1) is 24.8 Å². The zero-order valence-corrected chi connectivity index (χ0v) is 10.3. The van der Waals surface area contributed by atoms with Crippen LogP contribution in [0.2, 0.25) is 0 Å². The Labute approximate surface area is 106 Å². The average molecular weight is 297 g/mol. The highest BCUT2D eigenvalue weighted by atomic mass is 79.9. The smallest absolute Gasteiger partial charge is 0.229 e. The van der Waals surface area contributed by atoms with E-state index >= 15 is 0 Å². The summed E-state index contributed by atoms with van der Waals surface area (Å²) in [6.45, 7) is 0.170. The second kappa shape index (κ2) is 4.31. The Hall–Kier alpha value is -1.65. The van der Waals surface area contributed by atoms with Gasteiger partial charge in [-0.05, 0) is 15.9 Å². The van der Waals surface area contributed by atoms with Crippen LogP contribution in [0.3, 0.4) is 0 Å². The number of pyridine rings is 1. The molecule has 1 amide bonds. The number of nitrogens with two attached hydrogens (primary N) is 1. The Morgan fingerprint density at radius 2 is 2.41 bits per heavy atom. The van der Waals surface area contributed by atoms with E-state index in [1.54, 1.807) is 0 Å². The fraction of sp³-hybridized carbons (Fsp3) is 0.300.